The van der Waals surface area contributed by atoms with Crippen molar-refractivity contribution in [1.82, 2.24) is 4.98 Å². The SMILES string of the molecule is COc1cc(NC(=O)c2cc(C(F)(F)F)ccc2F)ccn1. The van der Waals surface area contributed by atoms with Crippen LogP contribution < -0.4 is 10.1 Å². The second-order valence-corrected chi connectivity index (χ2v) is 4.23. The number of benzene rings is 1. The lowest BCUT2D eigenvalue weighted by atomic mass is 10.1. The largest absolute Gasteiger partial charge is 0.481 e. The van der Waals surface area contributed by atoms with Crippen LogP contribution in [0.4, 0.5) is 23.2 Å². The minimum absolute atomic E-state index is 0.197. The van der Waals surface area contributed by atoms with Gasteiger partial charge in [0.05, 0.1) is 18.2 Å². The molecule has 8 heteroatoms. The van der Waals surface area contributed by atoms with E-state index in [0.29, 0.717) is 18.2 Å². The van der Waals surface area contributed by atoms with Crippen molar-refractivity contribution < 1.29 is 27.1 Å². The second-order valence-electron chi connectivity index (χ2n) is 4.23. The molecule has 1 heterocycles. The molecule has 0 fully saturated rings. The van der Waals surface area contributed by atoms with Crippen molar-refractivity contribution in [3.63, 3.8) is 0 Å². The zero-order chi connectivity index (χ0) is 16.3. The summed E-state index contributed by atoms with van der Waals surface area (Å²) in [6.45, 7) is 0. The molecular formula is C14H10F4N2O2. The number of pyridine rings is 1. The van der Waals surface area contributed by atoms with Gasteiger partial charge in [-0.05, 0) is 24.3 Å². The van der Waals surface area contributed by atoms with Gasteiger partial charge in [-0.3, -0.25) is 4.79 Å². The van der Waals surface area contributed by atoms with Crippen LogP contribution in [-0.4, -0.2) is 18.0 Å². The third-order valence-electron chi connectivity index (χ3n) is 2.74. The molecule has 0 atom stereocenters. The van der Waals surface area contributed by atoms with Crippen molar-refractivity contribution in [3.05, 3.63) is 53.5 Å². The molecule has 22 heavy (non-hydrogen) atoms. The lowest BCUT2D eigenvalue weighted by Crippen LogP contribution is -2.16. The van der Waals surface area contributed by atoms with Crippen molar-refractivity contribution >= 4 is 11.6 Å². The van der Waals surface area contributed by atoms with Crippen LogP contribution in [-0.2, 0) is 6.18 Å². The van der Waals surface area contributed by atoms with Gasteiger partial charge < -0.3 is 10.1 Å². The number of ether oxygens (including phenoxy) is 1. The Bertz CT molecular complexity index is 701. The van der Waals surface area contributed by atoms with E-state index in [1.54, 1.807) is 0 Å². The van der Waals surface area contributed by atoms with Crippen LogP contribution in [0.3, 0.4) is 0 Å². The molecule has 0 aliphatic rings. The van der Waals surface area contributed by atoms with Crippen molar-refractivity contribution in [1.29, 1.82) is 0 Å². The second kappa shape index (κ2) is 6.00. The Kier molecular flexibility index (Phi) is 4.30. The molecule has 1 aromatic carbocycles. The molecule has 0 radical (unpaired) electrons. The zero-order valence-corrected chi connectivity index (χ0v) is 11.2. The van der Waals surface area contributed by atoms with Gasteiger partial charge in [-0.25, -0.2) is 9.37 Å². The monoisotopic (exact) mass is 314 g/mol. The van der Waals surface area contributed by atoms with E-state index in [-0.39, 0.29) is 11.6 Å². The Morgan fingerprint density at radius 3 is 2.59 bits per heavy atom. The Morgan fingerprint density at radius 2 is 1.95 bits per heavy atom. The number of hydrogen-bond donors (Lipinski definition) is 1. The Labute approximate surface area is 122 Å². The number of anilines is 1. The third kappa shape index (κ3) is 3.51. The topological polar surface area (TPSA) is 51.2 Å². The maximum Gasteiger partial charge on any atom is 0.416 e. The molecule has 0 aliphatic carbocycles. The summed E-state index contributed by atoms with van der Waals surface area (Å²) in [7, 11) is 1.36. The first-order valence-electron chi connectivity index (χ1n) is 5.99. The van der Waals surface area contributed by atoms with Crippen LogP contribution >= 0.6 is 0 Å². The number of nitrogens with zero attached hydrogens (tertiary/aromatic N) is 1. The minimum Gasteiger partial charge on any atom is -0.481 e. The van der Waals surface area contributed by atoms with E-state index in [4.69, 9.17) is 4.74 Å². The van der Waals surface area contributed by atoms with E-state index < -0.39 is 29.0 Å². The maximum absolute atomic E-state index is 13.6. The molecule has 4 nitrogen and oxygen atoms in total. The maximum atomic E-state index is 13.6. The number of halogens is 4. The quantitative estimate of drug-likeness (QED) is 0.882. The summed E-state index contributed by atoms with van der Waals surface area (Å²) in [6.07, 6.45) is -3.33. The fourth-order valence-corrected chi connectivity index (χ4v) is 1.67. The van der Waals surface area contributed by atoms with Gasteiger partial charge in [-0.15, -0.1) is 0 Å². The van der Waals surface area contributed by atoms with Crippen LogP contribution in [0.5, 0.6) is 5.88 Å². The number of carbonyl (C=O) groups excluding carboxylic acids is 1. The summed E-state index contributed by atoms with van der Waals surface area (Å²) >= 11 is 0. The normalized spacial score (nSPS) is 11.1. The average Bonchev–Trinajstić information content (AvgIpc) is 2.46. The number of rotatable bonds is 3. The summed E-state index contributed by atoms with van der Waals surface area (Å²) in [6, 6.07) is 4.38. The first-order chi connectivity index (χ1) is 10.3. The number of hydrogen-bond acceptors (Lipinski definition) is 3. The molecule has 0 aliphatic heterocycles. The summed E-state index contributed by atoms with van der Waals surface area (Å²) in [4.78, 5) is 15.7. The van der Waals surface area contributed by atoms with Crippen molar-refractivity contribution in [2.45, 2.75) is 6.18 Å². The number of nitrogens with one attached hydrogen (secondary N) is 1. The molecule has 0 saturated heterocycles. The van der Waals surface area contributed by atoms with E-state index in [2.05, 4.69) is 10.3 Å². The lowest BCUT2D eigenvalue weighted by Gasteiger charge is -2.10. The van der Waals surface area contributed by atoms with Crippen LogP contribution in [0.2, 0.25) is 0 Å². The average molecular weight is 314 g/mol. The van der Waals surface area contributed by atoms with Crippen molar-refractivity contribution in [2.75, 3.05) is 12.4 Å². The minimum atomic E-state index is -4.66. The first-order valence-corrected chi connectivity index (χ1v) is 5.99. The molecule has 0 saturated carbocycles. The van der Waals surface area contributed by atoms with Gasteiger partial charge in [0, 0.05) is 18.0 Å². The van der Waals surface area contributed by atoms with Gasteiger partial charge in [-0.1, -0.05) is 0 Å². The smallest absolute Gasteiger partial charge is 0.416 e. The molecule has 2 aromatic rings. The van der Waals surface area contributed by atoms with Crippen LogP contribution in [0, 0.1) is 5.82 Å². The highest BCUT2D eigenvalue weighted by Gasteiger charge is 2.31. The highest BCUT2D eigenvalue weighted by atomic mass is 19.4. The van der Waals surface area contributed by atoms with Crippen LogP contribution in [0.15, 0.2) is 36.5 Å². The number of alkyl halides is 3. The first kappa shape index (κ1) is 15.7. The number of methoxy groups -OCH3 is 1. The molecular weight excluding hydrogens is 304 g/mol. The van der Waals surface area contributed by atoms with Crippen molar-refractivity contribution in [3.8, 4) is 5.88 Å². The summed E-state index contributed by atoms with van der Waals surface area (Å²) < 4.78 is 56.3. The molecule has 0 bridgehead atoms. The number of aromatic nitrogens is 1. The van der Waals surface area contributed by atoms with E-state index in [1.807, 2.05) is 0 Å². The Morgan fingerprint density at radius 1 is 1.23 bits per heavy atom. The molecule has 0 spiro atoms. The summed E-state index contributed by atoms with van der Waals surface area (Å²) in [5.41, 5.74) is -1.59. The van der Waals surface area contributed by atoms with E-state index in [1.165, 1.54) is 25.4 Å². The molecule has 116 valence electrons. The fourth-order valence-electron chi connectivity index (χ4n) is 1.67. The highest BCUT2D eigenvalue weighted by molar-refractivity contribution is 6.04. The molecule has 1 aromatic heterocycles. The van der Waals surface area contributed by atoms with Gasteiger partial charge in [0.1, 0.15) is 5.82 Å². The predicted molar refractivity (Wildman–Crippen MR) is 70.1 cm³/mol. The lowest BCUT2D eigenvalue weighted by molar-refractivity contribution is -0.137. The van der Waals surface area contributed by atoms with Gasteiger partial charge in [0.2, 0.25) is 5.88 Å². The highest BCUT2D eigenvalue weighted by Crippen LogP contribution is 2.30. The molecule has 0 unspecified atom stereocenters. The molecule has 2 rings (SSSR count). The van der Waals surface area contributed by atoms with Gasteiger partial charge in [0.25, 0.3) is 5.91 Å². The number of carbonyl (C=O) groups is 1. The van der Waals surface area contributed by atoms with E-state index in [0.717, 1.165) is 0 Å². The van der Waals surface area contributed by atoms with Crippen molar-refractivity contribution in [2.24, 2.45) is 0 Å². The Hall–Kier alpha value is -2.64. The van der Waals surface area contributed by atoms with Gasteiger partial charge >= 0.3 is 6.18 Å². The van der Waals surface area contributed by atoms with Gasteiger partial charge in [0.15, 0.2) is 0 Å². The molecule has 1 amide bonds. The summed E-state index contributed by atoms with van der Waals surface area (Å²) in [5.74, 6) is -1.86. The summed E-state index contributed by atoms with van der Waals surface area (Å²) in [5, 5.41) is 2.29. The van der Waals surface area contributed by atoms with E-state index >= 15 is 0 Å². The van der Waals surface area contributed by atoms with Crippen LogP contribution in [0.25, 0.3) is 0 Å². The fraction of sp³-hybridized carbons (Fsp3) is 0.143. The van der Waals surface area contributed by atoms with Gasteiger partial charge in [-0.2, -0.15) is 13.2 Å². The predicted octanol–water partition coefficient (Wildman–Crippen LogP) is 3.50. The van der Waals surface area contributed by atoms with E-state index in [9.17, 15) is 22.4 Å². The Balaban J connectivity index is 2.29. The number of amides is 1. The zero-order valence-electron chi connectivity index (χ0n) is 11.2. The van der Waals surface area contributed by atoms with Crippen LogP contribution in [0.1, 0.15) is 15.9 Å². The third-order valence-corrected chi connectivity index (χ3v) is 2.74. The standard InChI is InChI=1S/C14H10F4N2O2/c1-22-12-7-9(4-5-19-12)20-13(21)10-6-8(14(16,17)18)2-3-11(10)15/h2-7H,1H3,(H,19,20,21). The molecule has 1 N–H and O–H groups in total.